The molecule has 6 heteroatoms. The molecule has 0 aliphatic carbocycles. The van der Waals surface area contributed by atoms with Gasteiger partial charge in [0.25, 0.3) is 5.69 Å². The number of carbonyl (C=O) groups excluding carboxylic acids is 1. The first kappa shape index (κ1) is 12.8. The predicted octanol–water partition coefficient (Wildman–Crippen LogP) is 2.90. The second-order valence-corrected chi connectivity index (χ2v) is 4.95. The number of amides is 1. The number of nitro groups is 1. The van der Waals surface area contributed by atoms with E-state index in [1.54, 1.807) is 17.0 Å². The van der Waals surface area contributed by atoms with Gasteiger partial charge in [-0.3, -0.25) is 14.9 Å². The fourth-order valence-corrected chi connectivity index (χ4v) is 2.41. The van der Waals surface area contributed by atoms with Gasteiger partial charge in [-0.2, -0.15) is 0 Å². The standard InChI is InChI=1S/C12H11BrN2O3/c1-2-8-5-12(16)14(7-8)11-6-9(15(17)18)3-4-10(11)13/h2-4,6,8H,1,5,7H2. The molecule has 0 saturated carbocycles. The van der Waals surface area contributed by atoms with E-state index in [1.165, 1.54) is 12.1 Å². The van der Waals surface area contributed by atoms with Crippen LogP contribution in [-0.2, 0) is 4.79 Å². The predicted molar refractivity (Wildman–Crippen MR) is 71.5 cm³/mol. The number of non-ortho nitro benzene ring substituents is 1. The molecule has 0 bridgehead atoms. The third-order valence-corrected chi connectivity index (χ3v) is 3.59. The summed E-state index contributed by atoms with van der Waals surface area (Å²) in [5.74, 6) is 0.0600. The highest BCUT2D eigenvalue weighted by Crippen LogP contribution is 2.34. The number of hydrogen-bond donors (Lipinski definition) is 0. The number of nitrogens with zero attached hydrogens (tertiary/aromatic N) is 2. The molecule has 5 nitrogen and oxygen atoms in total. The first-order valence-electron chi connectivity index (χ1n) is 5.39. The molecule has 1 saturated heterocycles. The molecule has 1 aliphatic heterocycles. The van der Waals surface area contributed by atoms with Crippen LogP contribution in [0.3, 0.4) is 0 Å². The van der Waals surface area contributed by atoms with Gasteiger partial charge in [-0.1, -0.05) is 6.08 Å². The quantitative estimate of drug-likeness (QED) is 0.490. The van der Waals surface area contributed by atoms with Gasteiger partial charge in [0, 0.05) is 35.5 Å². The van der Waals surface area contributed by atoms with Crippen molar-refractivity contribution in [2.45, 2.75) is 6.42 Å². The normalized spacial score (nSPS) is 19.1. The summed E-state index contributed by atoms with van der Waals surface area (Å²) >= 11 is 3.32. The van der Waals surface area contributed by atoms with E-state index in [4.69, 9.17) is 0 Å². The van der Waals surface area contributed by atoms with Crippen LogP contribution in [0.15, 0.2) is 35.3 Å². The minimum atomic E-state index is -0.471. The van der Waals surface area contributed by atoms with E-state index in [-0.39, 0.29) is 17.5 Å². The molecule has 1 heterocycles. The first-order chi connectivity index (χ1) is 8.52. The summed E-state index contributed by atoms with van der Waals surface area (Å²) in [7, 11) is 0. The van der Waals surface area contributed by atoms with Gasteiger partial charge in [-0.15, -0.1) is 6.58 Å². The Kier molecular flexibility index (Phi) is 3.47. The Labute approximate surface area is 112 Å². The summed E-state index contributed by atoms with van der Waals surface area (Å²) in [6, 6.07) is 4.40. The Hall–Kier alpha value is -1.69. The molecule has 1 aromatic rings. The first-order valence-corrected chi connectivity index (χ1v) is 6.19. The van der Waals surface area contributed by atoms with Crippen LogP contribution < -0.4 is 4.90 Å². The maximum absolute atomic E-state index is 11.9. The second kappa shape index (κ2) is 4.89. The fraction of sp³-hybridized carbons (Fsp3) is 0.250. The van der Waals surface area contributed by atoms with E-state index < -0.39 is 4.92 Å². The van der Waals surface area contributed by atoms with Crippen LogP contribution in [0.5, 0.6) is 0 Å². The largest absolute Gasteiger partial charge is 0.310 e. The lowest BCUT2D eigenvalue weighted by atomic mass is 10.1. The number of anilines is 1. The molecule has 0 spiro atoms. The van der Waals surface area contributed by atoms with Crippen molar-refractivity contribution in [3.05, 3.63) is 45.4 Å². The lowest BCUT2D eigenvalue weighted by Gasteiger charge is -2.17. The zero-order valence-electron chi connectivity index (χ0n) is 9.51. The summed E-state index contributed by atoms with van der Waals surface area (Å²) in [4.78, 5) is 23.7. The highest BCUT2D eigenvalue weighted by molar-refractivity contribution is 9.10. The SMILES string of the molecule is C=CC1CC(=O)N(c2cc([N+](=O)[O-])ccc2Br)C1. The van der Waals surface area contributed by atoms with E-state index in [2.05, 4.69) is 22.5 Å². The maximum Gasteiger partial charge on any atom is 0.271 e. The topological polar surface area (TPSA) is 63.5 Å². The Balaban J connectivity index is 2.38. The van der Waals surface area contributed by atoms with E-state index in [9.17, 15) is 14.9 Å². The molecule has 0 aromatic heterocycles. The van der Waals surface area contributed by atoms with Gasteiger partial charge in [0.15, 0.2) is 0 Å². The molecular formula is C12H11BrN2O3. The van der Waals surface area contributed by atoms with Crippen LogP contribution in [0, 0.1) is 16.0 Å². The smallest absolute Gasteiger partial charge is 0.271 e. The molecule has 0 radical (unpaired) electrons. The number of carbonyl (C=O) groups is 1. The summed E-state index contributed by atoms with van der Waals surface area (Å²) in [6.45, 7) is 4.19. The Morgan fingerprint density at radius 3 is 2.83 bits per heavy atom. The van der Waals surface area contributed by atoms with Crippen LogP contribution in [-0.4, -0.2) is 17.4 Å². The van der Waals surface area contributed by atoms with Crippen molar-refractivity contribution in [3.63, 3.8) is 0 Å². The minimum absolute atomic E-state index is 0.0250. The molecule has 18 heavy (non-hydrogen) atoms. The van der Waals surface area contributed by atoms with E-state index in [0.717, 1.165) is 0 Å². The molecule has 1 aromatic carbocycles. The van der Waals surface area contributed by atoms with Crippen LogP contribution >= 0.6 is 15.9 Å². The monoisotopic (exact) mass is 310 g/mol. The number of rotatable bonds is 3. The third kappa shape index (κ3) is 2.28. The molecule has 1 atom stereocenters. The zero-order valence-corrected chi connectivity index (χ0v) is 11.1. The molecule has 94 valence electrons. The Bertz CT molecular complexity index is 530. The van der Waals surface area contributed by atoms with Gasteiger partial charge in [0.1, 0.15) is 0 Å². The molecule has 0 N–H and O–H groups in total. The number of benzene rings is 1. The summed E-state index contributed by atoms with van der Waals surface area (Å²) in [5.41, 5.74) is 0.515. The van der Waals surface area contributed by atoms with Crippen molar-refractivity contribution in [3.8, 4) is 0 Å². The highest BCUT2D eigenvalue weighted by Gasteiger charge is 2.30. The number of nitro benzene ring substituents is 1. The van der Waals surface area contributed by atoms with Crippen LogP contribution in [0.1, 0.15) is 6.42 Å². The lowest BCUT2D eigenvalue weighted by molar-refractivity contribution is -0.384. The molecule has 1 unspecified atom stereocenters. The van der Waals surface area contributed by atoms with Gasteiger partial charge in [0.2, 0.25) is 5.91 Å². The van der Waals surface area contributed by atoms with Gasteiger partial charge in [0.05, 0.1) is 10.6 Å². The summed E-state index contributed by atoms with van der Waals surface area (Å²) < 4.78 is 0.672. The number of halogens is 1. The van der Waals surface area contributed by atoms with Crippen molar-refractivity contribution in [1.82, 2.24) is 0 Å². The van der Waals surface area contributed by atoms with Crippen molar-refractivity contribution in [1.29, 1.82) is 0 Å². The van der Waals surface area contributed by atoms with E-state index in [1.807, 2.05) is 0 Å². The average molecular weight is 311 g/mol. The molecule has 1 aliphatic rings. The van der Waals surface area contributed by atoms with Gasteiger partial charge in [-0.05, 0) is 22.0 Å². The van der Waals surface area contributed by atoms with Gasteiger partial charge in [-0.25, -0.2) is 0 Å². The van der Waals surface area contributed by atoms with Gasteiger partial charge >= 0.3 is 0 Å². The second-order valence-electron chi connectivity index (χ2n) is 4.10. The molecule has 1 amide bonds. The van der Waals surface area contributed by atoms with Crippen LogP contribution in [0.2, 0.25) is 0 Å². The minimum Gasteiger partial charge on any atom is -0.310 e. The summed E-state index contributed by atoms with van der Waals surface area (Å²) in [6.07, 6.45) is 2.14. The van der Waals surface area contributed by atoms with Crippen molar-refractivity contribution in [2.24, 2.45) is 5.92 Å². The van der Waals surface area contributed by atoms with Crippen LogP contribution in [0.4, 0.5) is 11.4 Å². The van der Waals surface area contributed by atoms with Crippen molar-refractivity contribution in [2.75, 3.05) is 11.4 Å². The maximum atomic E-state index is 11.9. The lowest BCUT2D eigenvalue weighted by Crippen LogP contribution is -2.24. The Morgan fingerprint density at radius 2 is 2.28 bits per heavy atom. The fourth-order valence-electron chi connectivity index (χ4n) is 1.95. The summed E-state index contributed by atoms with van der Waals surface area (Å²) in [5, 5.41) is 10.8. The van der Waals surface area contributed by atoms with E-state index >= 15 is 0 Å². The van der Waals surface area contributed by atoms with Gasteiger partial charge < -0.3 is 4.90 Å². The van der Waals surface area contributed by atoms with Crippen molar-refractivity contribution < 1.29 is 9.72 Å². The molecule has 2 rings (SSSR count). The molecule has 1 fully saturated rings. The molecular weight excluding hydrogens is 300 g/mol. The zero-order chi connectivity index (χ0) is 13.3. The average Bonchev–Trinajstić information content (AvgIpc) is 2.71. The Morgan fingerprint density at radius 1 is 1.56 bits per heavy atom. The number of hydrogen-bond acceptors (Lipinski definition) is 3. The third-order valence-electron chi connectivity index (χ3n) is 2.92. The van der Waals surface area contributed by atoms with Crippen LogP contribution in [0.25, 0.3) is 0 Å². The van der Waals surface area contributed by atoms with E-state index in [0.29, 0.717) is 23.1 Å². The highest BCUT2D eigenvalue weighted by atomic mass is 79.9. The van der Waals surface area contributed by atoms with Crippen molar-refractivity contribution >= 4 is 33.2 Å².